The lowest BCUT2D eigenvalue weighted by Gasteiger charge is -2.47. The number of benzene rings is 6. The van der Waals surface area contributed by atoms with Crippen LogP contribution in [-0.4, -0.2) is 243 Å². The zero-order valence-corrected chi connectivity index (χ0v) is 74.4. The van der Waals surface area contributed by atoms with Crippen molar-refractivity contribution in [3.8, 4) is 17.2 Å². The molecule has 0 bridgehead atoms. The summed E-state index contributed by atoms with van der Waals surface area (Å²) in [5.74, 6) is -1.30. The predicted octanol–water partition coefficient (Wildman–Crippen LogP) is 13.5. The van der Waals surface area contributed by atoms with E-state index in [1.807, 2.05) is 36.4 Å². The number of imide groups is 2. The van der Waals surface area contributed by atoms with E-state index in [0.29, 0.717) is 155 Å². The molecule has 34 heteroatoms. The molecule has 4 aliphatic heterocycles. The number of amides is 4. The Balaban J connectivity index is 0.949. The van der Waals surface area contributed by atoms with E-state index in [9.17, 15) is 0 Å². The summed E-state index contributed by atoms with van der Waals surface area (Å²) < 4.78 is 124. The number of anilines is 1. The first kappa shape index (κ1) is 85.8. The Bertz CT molecular complexity index is 3820. The van der Waals surface area contributed by atoms with Gasteiger partial charge in [0.25, 0.3) is 23.6 Å². The molecule has 0 aliphatic carbocycles. The summed E-state index contributed by atoms with van der Waals surface area (Å²) >= 11 is 0. The van der Waals surface area contributed by atoms with Crippen LogP contribution in [0.15, 0.2) is 60.7 Å². The highest BCUT2D eigenvalue weighted by atomic mass is 28.5. The number of carbonyl (C=O) groups is 4. The van der Waals surface area contributed by atoms with E-state index in [1.54, 1.807) is 45.6 Å². The van der Waals surface area contributed by atoms with Crippen molar-refractivity contribution in [2.75, 3.05) is 145 Å². The van der Waals surface area contributed by atoms with Crippen LogP contribution in [0.5, 0.6) is 17.2 Å². The van der Waals surface area contributed by atoms with Crippen LogP contribution in [0.1, 0.15) is 80.0 Å². The third-order valence-electron chi connectivity index (χ3n) is 18.8. The third-order valence-corrected chi connectivity index (χ3v) is 51.8. The van der Waals surface area contributed by atoms with Crippen molar-refractivity contribution >= 4 is 141 Å². The molecule has 0 radical (unpaired) electrons. The van der Waals surface area contributed by atoms with E-state index in [4.69, 9.17) is 89.8 Å². The van der Waals surface area contributed by atoms with Gasteiger partial charge in [-0.1, -0.05) is 49.9 Å². The quantitative estimate of drug-likeness (QED) is 0.0113. The Kier molecular flexibility index (Phi) is 29.5. The van der Waals surface area contributed by atoms with Crippen LogP contribution in [0.2, 0.25) is 104 Å². The Morgan fingerprint density at radius 1 is 0.324 bits per heavy atom. The van der Waals surface area contributed by atoms with Gasteiger partial charge in [-0.2, -0.15) is 0 Å². The number of fused-ring (bicyclic) bond motifs is 2. The molecule has 2 saturated heterocycles. The number of ether oxygens (including phenoxy) is 12. The van der Waals surface area contributed by atoms with Crippen LogP contribution >= 0.6 is 0 Å². The second-order valence-electron chi connectivity index (χ2n) is 30.7. The third kappa shape index (κ3) is 21.8. The Hall–Kier alpha value is -4.64. The van der Waals surface area contributed by atoms with Crippen LogP contribution in [-0.2, 0) is 75.6 Å². The monoisotopic (exact) mass is 1640 g/mol. The average Bonchev–Trinajstić information content (AvgIpc) is 0.688. The second-order valence-corrected chi connectivity index (χ2v) is 59.5. The van der Waals surface area contributed by atoms with Gasteiger partial charge in [-0.3, -0.25) is 24.1 Å². The lowest BCUT2D eigenvalue weighted by molar-refractivity contribution is 0.0146. The predicted molar refractivity (Wildman–Crippen MR) is 431 cm³/mol. The molecule has 4 amide bonds. The molecular weight excluding hydrogens is 1530 g/mol. The minimum atomic E-state index is -2.84. The topological polar surface area (TPSA) is 259 Å². The fraction of sp³-hybridized carbons (Fsp3) is 0.595. The van der Waals surface area contributed by atoms with Crippen molar-refractivity contribution < 1.29 is 109 Å². The van der Waals surface area contributed by atoms with Crippen LogP contribution in [0.3, 0.4) is 0 Å². The van der Waals surface area contributed by atoms with Crippen LogP contribution in [0.4, 0.5) is 5.69 Å². The van der Waals surface area contributed by atoms with Gasteiger partial charge in [-0.25, -0.2) is 4.90 Å². The van der Waals surface area contributed by atoms with Crippen LogP contribution < -0.4 is 19.1 Å². The molecule has 0 aromatic heterocycles. The molecule has 0 atom stereocenters. The number of unbranched alkanes of at least 4 members (excludes halogenated alkanes) is 2. The highest BCUT2D eigenvalue weighted by molar-refractivity contribution is 6.94. The Labute approximate surface area is 644 Å². The molecule has 10 rings (SSSR count). The Morgan fingerprint density at radius 2 is 0.602 bits per heavy atom. The zero-order chi connectivity index (χ0) is 77.9. The first-order valence-corrected chi connectivity index (χ1v) is 59.8. The van der Waals surface area contributed by atoms with Gasteiger partial charge in [0.2, 0.25) is 5.75 Å². The second kappa shape index (κ2) is 37.1. The van der Waals surface area contributed by atoms with Crippen LogP contribution in [0, 0.1) is 0 Å². The van der Waals surface area contributed by atoms with Gasteiger partial charge in [0.15, 0.2) is 11.5 Å². The van der Waals surface area contributed by atoms with E-state index >= 15 is 19.2 Å². The Morgan fingerprint density at radius 3 is 0.917 bits per heavy atom. The zero-order valence-electron chi connectivity index (χ0n) is 66.4. The molecule has 6 aromatic rings. The number of rotatable bonds is 42. The van der Waals surface area contributed by atoms with Gasteiger partial charge in [0, 0.05) is 72.5 Å². The molecule has 4 heterocycles. The summed E-state index contributed by atoms with van der Waals surface area (Å²) in [6.07, 6.45) is 4.00. The van der Waals surface area contributed by atoms with Gasteiger partial charge in [0.1, 0.15) is 19.8 Å². The van der Waals surface area contributed by atoms with Gasteiger partial charge in [-0.05, 0) is 173 Å². The highest BCUT2D eigenvalue weighted by Crippen LogP contribution is 2.49. The minimum absolute atomic E-state index is 0.0506. The van der Waals surface area contributed by atoms with Crippen molar-refractivity contribution in [3.05, 3.63) is 82.9 Å². The van der Waals surface area contributed by atoms with Crippen molar-refractivity contribution in [1.29, 1.82) is 0 Å². The van der Waals surface area contributed by atoms with Crippen LogP contribution in [0.25, 0.3) is 43.1 Å². The van der Waals surface area contributed by atoms with Crippen molar-refractivity contribution in [2.45, 2.75) is 148 Å². The number of hydrogen-bond donors (Lipinski definition) is 0. The normalized spacial score (nSPS) is 19.2. The molecule has 596 valence electrons. The first-order valence-electron chi connectivity index (χ1n) is 37.8. The van der Waals surface area contributed by atoms with Crippen molar-refractivity contribution in [2.24, 2.45) is 0 Å². The standard InChI is InChI=1S/C74H114N2O24Si8/c1-81-32-35-84-38-41-87-44-47-90-64-52-55(53-65(91-48-45-88-42-39-85-36-33-82-2)70(64)92-49-46-89-43-40-86-37-34-83-3)76-73(79)62-30-26-58-56-24-28-60-68-61(29-25-57(66(56)68)59-27-31-63(74(76)80)69(62)67(58)59)72(78)75(71(60)77)54(22-18-20-50-107(16)97-103(8,9)93-101(4,5)94-104(10,11)98-107)23-19-21-51-108(17)99-105(12,13)95-102(6,7)96-106(14,15)100-108/h24-31,52-54H,18-23,32-51H2,1-17H3. The fourth-order valence-corrected chi connectivity index (χ4v) is 59.1. The van der Waals surface area contributed by atoms with E-state index in [-0.39, 0.29) is 74.4 Å². The van der Waals surface area contributed by atoms with Crippen molar-refractivity contribution in [3.63, 3.8) is 0 Å². The maximum absolute atomic E-state index is 15.7. The minimum Gasteiger partial charge on any atom is -0.487 e. The number of carbonyl (C=O) groups excluding carboxylic acids is 4. The van der Waals surface area contributed by atoms with Gasteiger partial charge >= 0.3 is 68.5 Å². The molecule has 26 nitrogen and oxygen atoms in total. The fourth-order valence-electron chi connectivity index (χ4n) is 15.8. The summed E-state index contributed by atoms with van der Waals surface area (Å²) in [6.45, 7) is 34.4. The molecular formula is C74H114N2O24Si8. The van der Waals surface area contributed by atoms with E-state index in [1.165, 1.54) is 4.90 Å². The summed E-state index contributed by atoms with van der Waals surface area (Å²) in [5.41, 5.74) is 1.60. The van der Waals surface area contributed by atoms with Gasteiger partial charge in [-0.15, -0.1) is 0 Å². The average molecular weight is 1640 g/mol. The lowest BCUT2D eigenvalue weighted by atomic mass is 9.82. The number of hydrogen-bond acceptors (Lipinski definition) is 24. The summed E-state index contributed by atoms with van der Waals surface area (Å²) in [4.78, 5) is 65.0. The molecule has 0 saturated carbocycles. The maximum atomic E-state index is 15.7. The highest BCUT2D eigenvalue weighted by Gasteiger charge is 2.54. The molecule has 6 aromatic carbocycles. The summed E-state index contributed by atoms with van der Waals surface area (Å²) in [6, 6.07) is 18.9. The maximum Gasteiger partial charge on any atom is 0.317 e. The molecule has 0 spiro atoms. The molecule has 4 aliphatic rings. The van der Waals surface area contributed by atoms with E-state index in [2.05, 4.69) is 91.7 Å². The number of nitrogens with zero attached hydrogens (tertiary/aromatic N) is 2. The van der Waals surface area contributed by atoms with Gasteiger partial charge < -0.3 is 89.8 Å². The SMILES string of the molecule is COCCOCCOCCOc1cc(N2C(=O)c3ccc4c5ccc6c7c(ccc(c8ccc(c3c48)C2=O)c75)C(=O)N(C(CCCC[Si]2(C)O[Si](C)(C)O[Si](C)(C)O[Si](C)(C)O2)CCCC[Si]2(C)O[Si](C)(C)O[Si](C)(C)O[Si](C)(C)O2)C6=O)cc(OCCOCCOCCOC)c1OCCOCCOCCOC. The molecule has 0 unspecified atom stereocenters. The molecule has 2 fully saturated rings. The largest absolute Gasteiger partial charge is 0.487 e. The molecule has 0 N–H and O–H groups in total. The van der Waals surface area contributed by atoms with E-state index < -0.39 is 86.3 Å². The summed E-state index contributed by atoms with van der Waals surface area (Å²) in [7, 11) is -16.5. The first-order chi connectivity index (χ1) is 51.2. The van der Waals surface area contributed by atoms with E-state index in [0.717, 1.165) is 44.7 Å². The smallest absolute Gasteiger partial charge is 0.317 e. The number of methoxy groups -OCH3 is 3. The summed E-state index contributed by atoms with van der Waals surface area (Å²) in [5, 5.41) is 5.56. The molecule has 108 heavy (non-hydrogen) atoms. The lowest BCUT2D eigenvalue weighted by Crippen LogP contribution is -2.65. The van der Waals surface area contributed by atoms with Gasteiger partial charge in [0.05, 0.1) is 105 Å². The van der Waals surface area contributed by atoms with Crippen molar-refractivity contribution in [1.82, 2.24) is 4.90 Å².